The van der Waals surface area contributed by atoms with E-state index in [1.807, 2.05) is 0 Å². The third kappa shape index (κ3) is 3.68. The van der Waals surface area contributed by atoms with Crippen LogP contribution in [0.15, 0.2) is 45.3 Å². The number of carboxylic acid groups (broad SMARTS) is 1. The summed E-state index contributed by atoms with van der Waals surface area (Å²) in [6.07, 6.45) is 0. The maximum Gasteiger partial charge on any atom is 0.335 e. The van der Waals surface area contributed by atoms with Crippen molar-refractivity contribution in [3.05, 3.63) is 62.3 Å². The molecule has 0 aliphatic rings. The van der Waals surface area contributed by atoms with E-state index in [1.54, 1.807) is 6.07 Å². The highest BCUT2D eigenvalue weighted by molar-refractivity contribution is 9.10. The Bertz CT molecular complexity index is 734. The van der Waals surface area contributed by atoms with Crippen molar-refractivity contribution in [1.82, 2.24) is 0 Å². The van der Waals surface area contributed by atoms with Crippen LogP contribution < -0.4 is 5.32 Å². The van der Waals surface area contributed by atoms with E-state index in [1.165, 1.54) is 30.3 Å². The average molecular weight is 417 g/mol. The monoisotopic (exact) mass is 415 g/mol. The van der Waals surface area contributed by atoms with E-state index in [0.29, 0.717) is 14.6 Å². The van der Waals surface area contributed by atoms with E-state index in [2.05, 4.69) is 37.2 Å². The molecule has 21 heavy (non-hydrogen) atoms. The molecule has 2 aromatic carbocycles. The van der Waals surface area contributed by atoms with Crippen molar-refractivity contribution in [2.24, 2.45) is 0 Å². The van der Waals surface area contributed by atoms with E-state index < -0.39 is 17.7 Å². The Balaban J connectivity index is 2.25. The molecule has 0 radical (unpaired) electrons. The Labute approximate surface area is 136 Å². The molecule has 4 nitrogen and oxygen atoms in total. The first kappa shape index (κ1) is 15.7. The summed E-state index contributed by atoms with van der Waals surface area (Å²) in [5, 5.41) is 11.4. The number of nitrogens with one attached hydrogen (secondary N) is 1. The lowest BCUT2D eigenvalue weighted by molar-refractivity contribution is 0.0696. The Morgan fingerprint density at radius 2 is 1.81 bits per heavy atom. The molecule has 0 spiro atoms. The number of hydrogen-bond acceptors (Lipinski definition) is 2. The van der Waals surface area contributed by atoms with Crippen LogP contribution in [0.5, 0.6) is 0 Å². The first-order valence-electron chi connectivity index (χ1n) is 5.67. The minimum atomic E-state index is -1.08. The van der Waals surface area contributed by atoms with E-state index in [-0.39, 0.29) is 11.1 Å². The zero-order valence-corrected chi connectivity index (χ0v) is 13.5. The standard InChI is InChI=1S/C14H8Br2FNO3/c15-8-2-3-9(11(17)6-8)13(19)18-12-4-1-7(14(20)21)5-10(12)16/h1-6H,(H,18,19)(H,20,21). The van der Waals surface area contributed by atoms with Crippen LogP contribution in [-0.2, 0) is 0 Å². The number of halogens is 3. The number of carboxylic acids is 1. The second kappa shape index (κ2) is 6.36. The summed E-state index contributed by atoms with van der Waals surface area (Å²) in [5.74, 6) is -2.35. The molecule has 0 aliphatic heterocycles. The van der Waals surface area contributed by atoms with Gasteiger partial charge in [0.25, 0.3) is 5.91 Å². The second-order valence-electron chi connectivity index (χ2n) is 4.08. The molecular formula is C14H8Br2FNO3. The summed E-state index contributed by atoms with van der Waals surface area (Å²) in [5.41, 5.74) is 0.328. The van der Waals surface area contributed by atoms with Crippen LogP contribution in [0.25, 0.3) is 0 Å². The van der Waals surface area contributed by atoms with Gasteiger partial charge in [-0.25, -0.2) is 9.18 Å². The van der Waals surface area contributed by atoms with Crippen LogP contribution in [-0.4, -0.2) is 17.0 Å². The van der Waals surface area contributed by atoms with Crippen molar-refractivity contribution in [1.29, 1.82) is 0 Å². The summed E-state index contributed by atoms with van der Waals surface area (Å²) in [7, 11) is 0. The minimum Gasteiger partial charge on any atom is -0.478 e. The number of carbonyl (C=O) groups is 2. The quantitative estimate of drug-likeness (QED) is 0.783. The molecule has 0 atom stereocenters. The van der Waals surface area contributed by atoms with Gasteiger partial charge in [0.2, 0.25) is 0 Å². The Hall–Kier alpha value is -1.73. The van der Waals surface area contributed by atoms with E-state index in [0.717, 1.165) is 0 Å². The lowest BCUT2D eigenvalue weighted by atomic mass is 10.1. The van der Waals surface area contributed by atoms with Gasteiger partial charge in [0.1, 0.15) is 5.82 Å². The SMILES string of the molecule is O=C(O)c1ccc(NC(=O)c2ccc(Br)cc2F)c(Br)c1. The van der Waals surface area contributed by atoms with Gasteiger partial charge in [-0.1, -0.05) is 15.9 Å². The van der Waals surface area contributed by atoms with Gasteiger partial charge in [-0.05, 0) is 52.3 Å². The lowest BCUT2D eigenvalue weighted by Gasteiger charge is -2.09. The molecule has 0 saturated carbocycles. The van der Waals surface area contributed by atoms with Crippen molar-refractivity contribution in [2.45, 2.75) is 0 Å². The van der Waals surface area contributed by atoms with Gasteiger partial charge in [-0.2, -0.15) is 0 Å². The summed E-state index contributed by atoms with van der Waals surface area (Å²) in [4.78, 5) is 22.8. The number of carbonyl (C=O) groups excluding carboxylic acids is 1. The average Bonchev–Trinajstić information content (AvgIpc) is 2.40. The van der Waals surface area contributed by atoms with Gasteiger partial charge >= 0.3 is 5.97 Å². The predicted octanol–water partition coefficient (Wildman–Crippen LogP) is 4.30. The van der Waals surface area contributed by atoms with Crippen molar-refractivity contribution >= 4 is 49.4 Å². The van der Waals surface area contributed by atoms with Crippen LogP contribution in [0.2, 0.25) is 0 Å². The molecule has 0 heterocycles. The van der Waals surface area contributed by atoms with E-state index in [9.17, 15) is 14.0 Å². The molecule has 2 rings (SSSR count). The smallest absolute Gasteiger partial charge is 0.335 e. The number of aromatic carboxylic acids is 1. The lowest BCUT2D eigenvalue weighted by Crippen LogP contribution is -2.14. The van der Waals surface area contributed by atoms with Crippen molar-refractivity contribution in [3.63, 3.8) is 0 Å². The molecule has 0 fully saturated rings. The topological polar surface area (TPSA) is 66.4 Å². The summed E-state index contributed by atoms with van der Waals surface area (Å²) >= 11 is 6.28. The van der Waals surface area contributed by atoms with Crippen molar-refractivity contribution in [2.75, 3.05) is 5.32 Å². The van der Waals surface area contributed by atoms with E-state index >= 15 is 0 Å². The predicted molar refractivity (Wildman–Crippen MR) is 83.2 cm³/mol. The second-order valence-corrected chi connectivity index (χ2v) is 5.85. The molecule has 0 saturated heterocycles. The highest BCUT2D eigenvalue weighted by Crippen LogP contribution is 2.25. The van der Waals surface area contributed by atoms with Crippen LogP contribution in [0.4, 0.5) is 10.1 Å². The fourth-order valence-corrected chi connectivity index (χ4v) is 2.42. The van der Waals surface area contributed by atoms with Crippen LogP contribution >= 0.6 is 31.9 Å². The van der Waals surface area contributed by atoms with Gasteiger partial charge in [-0.3, -0.25) is 4.79 Å². The highest BCUT2D eigenvalue weighted by Gasteiger charge is 2.14. The zero-order valence-electron chi connectivity index (χ0n) is 10.4. The molecule has 2 N–H and O–H groups in total. The zero-order chi connectivity index (χ0) is 15.6. The molecule has 0 bridgehead atoms. The molecule has 2 aromatic rings. The minimum absolute atomic E-state index is 0.0784. The molecular weight excluding hydrogens is 409 g/mol. The number of rotatable bonds is 3. The number of hydrogen-bond donors (Lipinski definition) is 2. The Morgan fingerprint density at radius 3 is 2.38 bits per heavy atom. The van der Waals surface area contributed by atoms with Gasteiger partial charge in [0.15, 0.2) is 0 Å². The Kier molecular flexibility index (Phi) is 4.74. The van der Waals surface area contributed by atoms with Gasteiger partial charge in [0.05, 0.1) is 16.8 Å². The van der Waals surface area contributed by atoms with Crippen molar-refractivity contribution in [3.8, 4) is 0 Å². The summed E-state index contributed by atoms with van der Waals surface area (Å²) in [6, 6.07) is 8.24. The maximum absolute atomic E-state index is 13.7. The largest absolute Gasteiger partial charge is 0.478 e. The third-order valence-corrected chi connectivity index (χ3v) is 3.79. The fourth-order valence-electron chi connectivity index (χ4n) is 1.61. The number of amides is 1. The molecule has 108 valence electrons. The molecule has 1 amide bonds. The summed E-state index contributed by atoms with van der Waals surface area (Å²) in [6.45, 7) is 0. The van der Waals surface area contributed by atoms with Crippen LogP contribution in [0.1, 0.15) is 20.7 Å². The maximum atomic E-state index is 13.7. The molecule has 0 aliphatic carbocycles. The normalized spacial score (nSPS) is 10.2. The molecule has 0 unspecified atom stereocenters. The van der Waals surface area contributed by atoms with Crippen molar-refractivity contribution < 1.29 is 19.1 Å². The Morgan fingerprint density at radius 1 is 1.10 bits per heavy atom. The third-order valence-electron chi connectivity index (χ3n) is 2.64. The van der Waals surface area contributed by atoms with Crippen LogP contribution in [0, 0.1) is 5.82 Å². The number of benzene rings is 2. The van der Waals surface area contributed by atoms with E-state index in [4.69, 9.17) is 5.11 Å². The number of anilines is 1. The summed E-state index contributed by atoms with van der Waals surface area (Å²) < 4.78 is 14.6. The molecule has 0 aromatic heterocycles. The van der Waals surface area contributed by atoms with Gasteiger partial charge in [0, 0.05) is 8.95 Å². The molecule has 7 heteroatoms. The fraction of sp³-hybridized carbons (Fsp3) is 0. The highest BCUT2D eigenvalue weighted by atomic mass is 79.9. The van der Waals surface area contributed by atoms with Gasteiger partial charge in [-0.15, -0.1) is 0 Å². The first-order valence-corrected chi connectivity index (χ1v) is 7.26. The first-order chi connectivity index (χ1) is 9.88. The van der Waals surface area contributed by atoms with Crippen LogP contribution in [0.3, 0.4) is 0 Å². The van der Waals surface area contributed by atoms with Gasteiger partial charge < -0.3 is 10.4 Å².